The molecule has 0 unspecified atom stereocenters. The van der Waals surface area contributed by atoms with Crippen LogP contribution >= 0.6 is 0 Å². The monoisotopic (exact) mass is 419 g/mol. The van der Waals surface area contributed by atoms with E-state index < -0.39 is 10.5 Å². The summed E-state index contributed by atoms with van der Waals surface area (Å²) in [5.74, 6) is -0.247. The SMILES string of the molecule is COc1c(N=Nc2cc([N+](=O)[O-])ccc2O)c(C)c(C#N)c(=O)n1Cc1ccccc1. The molecule has 10 heteroatoms. The normalized spacial score (nSPS) is 10.7. The molecular formula is C21H17N5O5. The molecule has 10 nitrogen and oxygen atoms in total. The second-order valence-electron chi connectivity index (χ2n) is 6.48. The van der Waals surface area contributed by atoms with E-state index in [4.69, 9.17) is 4.74 Å². The minimum absolute atomic E-state index is 0.0685. The van der Waals surface area contributed by atoms with E-state index in [1.807, 2.05) is 36.4 Å². The summed E-state index contributed by atoms with van der Waals surface area (Å²) >= 11 is 0. The van der Waals surface area contributed by atoms with E-state index in [1.165, 1.54) is 18.6 Å². The zero-order valence-electron chi connectivity index (χ0n) is 16.6. The second kappa shape index (κ2) is 8.87. The fourth-order valence-electron chi connectivity index (χ4n) is 2.97. The van der Waals surface area contributed by atoms with Gasteiger partial charge in [-0.15, -0.1) is 10.2 Å². The number of ether oxygens (including phenoxy) is 1. The number of nitriles is 1. The first-order chi connectivity index (χ1) is 14.9. The van der Waals surface area contributed by atoms with Crippen molar-refractivity contribution in [2.24, 2.45) is 10.2 Å². The molecule has 3 rings (SSSR count). The van der Waals surface area contributed by atoms with E-state index in [9.17, 15) is 25.3 Å². The maximum absolute atomic E-state index is 12.9. The number of nitro groups is 1. The molecule has 31 heavy (non-hydrogen) atoms. The zero-order chi connectivity index (χ0) is 22.5. The molecule has 1 aromatic heterocycles. The first-order valence-electron chi connectivity index (χ1n) is 9.02. The highest BCUT2D eigenvalue weighted by atomic mass is 16.6. The van der Waals surface area contributed by atoms with Crippen LogP contribution in [-0.2, 0) is 6.54 Å². The van der Waals surface area contributed by atoms with Crippen molar-refractivity contribution in [1.82, 2.24) is 4.57 Å². The van der Waals surface area contributed by atoms with Gasteiger partial charge in [0.25, 0.3) is 11.2 Å². The van der Waals surface area contributed by atoms with Crippen molar-refractivity contribution < 1.29 is 14.8 Å². The van der Waals surface area contributed by atoms with Crippen LogP contribution in [-0.4, -0.2) is 21.7 Å². The number of phenols is 1. The fraction of sp³-hybridized carbons (Fsp3) is 0.143. The quantitative estimate of drug-likeness (QED) is 0.362. The first kappa shape index (κ1) is 21.2. The lowest BCUT2D eigenvalue weighted by molar-refractivity contribution is -0.384. The number of nitro benzene ring substituents is 1. The number of azo groups is 1. The van der Waals surface area contributed by atoms with Crippen molar-refractivity contribution in [2.45, 2.75) is 13.5 Å². The summed E-state index contributed by atoms with van der Waals surface area (Å²) in [6, 6.07) is 14.3. The Morgan fingerprint density at radius 1 is 1.23 bits per heavy atom. The van der Waals surface area contributed by atoms with Gasteiger partial charge in [-0.1, -0.05) is 30.3 Å². The highest BCUT2D eigenvalue weighted by Gasteiger charge is 2.21. The first-order valence-corrected chi connectivity index (χ1v) is 9.02. The molecule has 0 saturated carbocycles. The van der Waals surface area contributed by atoms with Gasteiger partial charge in [-0.3, -0.25) is 19.5 Å². The Balaban J connectivity index is 2.18. The molecule has 3 aromatic rings. The van der Waals surface area contributed by atoms with Gasteiger partial charge in [0, 0.05) is 17.7 Å². The largest absolute Gasteiger partial charge is 0.506 e. The van der Waals surface area contributed by atoms with Gasteiger partial charge in [0.1, 0.15) is 23.1 Å². The van der Waals surface area contributed by atoms with Gasteiger partial charge in [-0.25, -0.2) is 0 Å². The summed E-state index contributed by atoms with van der Waals surface area (Å²) in [5.41, 5.74) is 0.0432. The number of methoxy groups -OCH3 is 1. The molecule has 0 aliphatic carbocycles. The predicted octanol–water partition coefficient (Wildman–Crippen LogP) is 4.11. The molecule has 1 N–H and O–H groups in total. The van der Waals surface area contributed by atoms with Gasteiger partial charge in [0.05, 0.1) is 18.6 Å². The Morgan fingerprint density at radius 3 is 2.55 bits per heavy atom. The Morgan fingerprint density at radius 2 is 1.94 bits per heavy atom. The van der Waals surface area contributed by atoms with E-state index in [1.54, 1.807) is 0 Å². The Kier molecular flexibility index (Phi) is 6.07. The zero-order valence-corrected chi connectivity index (χ0v) is 16.6. The highest BCUT2D eigenvalue weighted by Crippen LogP contribution is 2.36. The van der Waals surface area contributed by atoms with Gasteiger partial charge in [-0.05, 0) is 18.6 Å². The van der Waals surface area contributed by atoms with Crippen LogP contribution in [0, 0.1) is 28.4 Å². The number of non-ortho nitro benzene ring substituents is 1. The number of benzene rings is 2. The summed E-state index contributed by atoms with van der Waals surface area (Å²) in [7, 11) is 1.35. The highest BCUT2D eigenvalue weighted by molar-refractivity contribution is 5.61. The van der Waals surface area contributed by atoms with Crippen molar-refractivity contribution in [1.29, 1.82) is 5.26 Å². The summed E-state index contributed by atoms with van der Waals surface area (Å²) in [5, 5.41) is 38.4. The number of hydrogen-bond donors (Lipinski definition) is 1. The second-order valence-corrected chi connectivity index (χ2v) is 6.48. The molecule has 0 fully saturated rings. The molecule has 0 atom stereocenters. The van der Waals surface area contributed by atoms with Crippen molar-refractivity contribution in [3.63, 3.8) is 0 Å². The molecule has 156 valence electrons. The number of pyridine rings is 1. The number of aromatic hydroxyl groups is 1. The third-order valence-corrected chi connectivity index (χ3v) is 4.55. The number of nitrogens with zero attached hydrogens (tertiary/aromatic N) is 5. The molecule has 2 aromatic carbocycles. The maximum Gasteiger partial charge on any atom is 0.271 e. The van der Waals surface area contributed by atoms with Gasteiger partial charge in [0.15, 0.2) is 5.69 Å². The fourth-order valence-corrected chi connectivity index (χ4v) is 2.97. The lowest BCUT2D eigenvalue weighted by Gasteiger charge is -2.16. The summed E-state index contributed by atoms with van der Waals surface area (Å²) in [6.07, 6.45) is 0. The van der Waals surface area contributed by atoms with Gasteiger partial charge < -0.3 is 9.84 Å². The topological polar surface area (TPSA) is 143 Å². The van der Waals surface area contributed by atoms with Crippen LogP contribution in [0.25, 0.3) is 0 Å². The molecule has 0 spiro atoms. The third-order valence-electron chi connectivity index (χ3n) is 4.55. The third kappa shape index (κ3) is 4.25. The minimum atomic E-state index is -0.627. The van der Waals surface area contributed by atoms with Crippen LogP contribution < -0.4 is 10.3 Å². The van der Waals surface area contributed by atoms with E-state index in [0.717, 1.165) is 23.8 Å². The molecule has 0 aliphatic rings. The molecule has 0 radical (unpaired) electrons. The number of hydrogen-bond acceptors (Lipinski definition) is 8. The number of rotatable bonds is 6. The molecule has 1 heterocycles. The molecule has 0 bridgehead atoms. The van der Waals surface area contributed by atoms with Gasteiger partial charge >= 0.3 is 0 Å². The molecule has 0 saturated heterocycles. The van der Waals surface area contributed by atoms with Crippen LogP contribution in [0.15, 0.2) is 63.6 Å². The van der Waals surface area contributed by atoms with Crippen LogP contribution in [0.1, 0.15) is 16.7 Å². The lowest BCUT2D eigenvalue weighted by Crippen LogP contribution is -2.25. The van der Waals surface area contributed by atoms with Crippen molar-refractivity contribution in [3.05, 3.63) is 85.7 Å². The van der Waals surface area contributed by atoms with Crippen molar-refractivity contribution in [2.75, 3.05) is 7.11 Å². The van der Waals surface area contributed by atoms with Crippen molar-refractivity contribution in [3.8, 4) is 17.7 Å². The Hall–Kier alpha value is -4.52. The predicted molar refractivity (Wildman–Crippen MR) is 111 cm³/mol. The van der Waals surface area contributed by atoms with Gasteiger partial charge in [-0.2, -0.15) is 5.26 Å². The Labute approximate surface area is 176 Å². The number of phenolic OH excluding ortho intramolecular Hbond substituents is 1. The maximum atomic E-state index is 12.9. The minimum Gasteiger partial charge on any atom is -0.506 e. The van der Waals surface area contributed by atoms with Crippen LogP contribution in [0.3, 0.4) is 0 Å². The van der Waals surface area contributed by atoms with E-state index in [-0.39, 0.29) is 46.4 Å². The van der Waals surface area contributed by atoms with Crippen molar-refractivity contribution >= 4 is 17.1 Å². The van der Waals surface area contributed by atoms with E-state index in [0.29, 0.717) is 0 Å². The molecule has 0 amide bonds. The smallest absolute Gasteiger partial charge is 0.271 e. The standard InChI is InChI=1S/C21H17N5O5/c1-13-16(11-22)20(28)25(12-14-6-4-3-5-7-14)21(31-2)19(13)24-23-17-10-15(26(29)30)8-9-18(17)27/h3-10,27H,12H2,1-2H3. The number of aromatic nitrogens is 1. The van der Waals surface area contributed by atoms with Crippen LogP contribution in [0.5, 0.6) is 11.6 Å². The summed E-state index contributed by atoms with van der Waals surface area (Å²) in [6.45, 7) is 1.65. The van der Waals surface area contributed by atoms with Gasteiger partial charge in [0.2, 0.25) is 5.88 Å². The van der Waals surface area contributed by atoms with E-state index in [2.05, 4.69) is 10.2 Å². The Bertz CT molecular complexity index is 1280. The summed E-state index contributed by atoms with van der Waals surface area (Å²) in [4.78, 5) is 23.2. The molecular weight excluding hydrogens is 402 g/mol. The van der Waals surface area contributed by atoms with Crippen LogP contribution in [0.2, 0.25) is 0 Å². The average molecular weight is 419 g/mol. The average Bonchev–Trinajstić information content (AvgIpc) is 2.76. The lowest BCUT2D eigenvalue weighted by atomic mass is 10.1. The summed E-state index contributed by atoms with van der Waals surface area (Å²) < 4.78 is 6.69. The van der Waals surface area contributed by atoms with E-state index >= 15 is 0 Å². The van der Waals surface area contributed by atoms with Crippen LogP contribution in [0.4, 0.5) is 17.1 Å². The molecule has 0 aliphatic heterocycles.